The molecule has 3 nitrogen and oxygen atoms in total. The maximum atomic E-state index is 4.33. The molecule has 1 fully saturated rings. The summed E-state index contributed by atoms with van der Waals surface area (Å²) >= 11 is 0. The molecule has 1 aromatic heterocycles. The summed E-state index contributed by atoms with van der Waals surface area (Å²) in [6.07, 6.45) is 7.58. The molecule has 0 spiro atoms. The van der Waals surface area contributed by atoms with Gasteiger partial charge in [0.2, 0.25) is 0 Å². The highest BCUT2D eigenvalue weighted by molar-refractivity contribution is 5.14. The Kier molecular flexibility index (Phi) is 3.94. The van der Waals surface area contributed by atoms with E-state index in [2.05, 4.69) is 45.2 Å². The van der Waals surface area contributed by atoms with Crippen molar-refractivity contribution in [3.05, 3.63) is 54.1 Å². The molecule has 19 heavy (non-hydrogen) atoms. The highest BCUT2D eigenvalue weighted by Gasteiger charge is 2.19. The molecule has 3 heteroatoms. The van der Waals surface area contributed by atoms with E-state index in [-0.39, 0.29) is 0 Å². The van der Waals surface area contributed by atoms with Crippen LogP contribution in [0.4, 0.5) is 0 Å². The molecular formula is C16H21N3. The van der Waals surface area contributed by atoms with E-state index in [0.717, 1.165) is 26.1 Å². The zero-order valence-electron chi connectivity index (χ0n) is 11.3. The van der Waals surface area contributed by atoms with E-state index in [4.69, 9.17) is 0 Å². The Bertz CT molecular complexity index is 498. The third kappa shape index (κ3) is 3.04. The highest BCUT2D eigenvalue weighted by Crippen LogP contribution is 2.22. The van der Waals surface area contributed by atoms with Crippen LogP contribution in [0.2, 0.25) is 0 Å². The first-order chi connectivity index (χ1) is 9.43. The Morgan fingerprint density at radius 3 is 2.95 bits per heavy atom. The zero-order chi connectivity index (χ0) is 12.9. The maximum Gasteiger partial charge on any atom is 0.0948 e. The molecule has 1 atom stereocenters. The normalized spacial score (nSPS) is 18.8. The number of hydrogen-bond acceptors (Lipinski definition) is 2. The van der Waals surface area contributed by atoms with E-state index in [0.29, 0.717) is 5.92 Å². The summed E-state index contributed by atoms with van der Waals surface area (Å²) < 4.78 is 2.33. The van der Waals surface area contributed by atoms with Gasteiger partial charge in [-0.3, -0.25) is 0 Å². The van der Waals surface area contributed by atoms with Crippen LogP contribution in [0.15, 0.2) is 42.9 Å². The number of nitrogens with one attached hydrogen (secondary N) is 1. The molecule has 1 aliphatic heterocycles. The summed E-state index contributed by atoms with van der Waals surface area (Å²) in [6.45, 7) is 3.31. The molecule has 0 bridgehead atoms. The minimum absolute atomic E-state index is 0.652. The Labute approximate surface area is 114 Å². The third-order valence-corrected chi connectivity index (χ3v) is 3.93. The minimum atomic E-state index is 0.652. The molecule has 0 saturated carbocycles. The predicted octanol–water partition coefficient (Wildman–Crippen LogP) is 2.59. The second kappa shape index (κ2) is 6.02. The maximum absolute atomic E-state index is 4.33. The Hall–Kier alpha value is -1.61. The van der Waals surface area contributed by atoms with E-state index in [9.17, 15) is 0 Å². The topological polar surface area (TPSA) is 29.9 Å². The molecular weight excluding hydrogens is 234 g/mol. The van der Waals surface area contributed by atoms with Crippen LogP contribution in [0.1, 0.15) is 30.0 Å². The number of hydrogen-bond donors (Lipinski definition) is 1. The summed E-state index contributed by atoms with van der Waals surface area (Å²) in [4.78, 5) is 4.33. The second-order valence-corrected chi connectivity index (χ2v) is 5.29. The number of aryl methyl sites for hydroxylation is 2. The SMILES string of the molecule is c1ccc(CCCn2cncc2C2CCNC2)cc1. The fraction of sp³-hybridized carbons (Fsp3) is 0.438. The van der Waals surface area contributed by atoms with Gasteiger partial charge in [-0.1, -0.05) is 30.3 Å². The van der Waals surface area contributed by atoms with Crippen LogP contribution in [0.5, 0.6) is 0 Å². The lowest BCUT2D eigenvalue weighted by molar-refractivity contribution is 0.585. The fourth-order valence-electron chi connectivity index (χ4n) is 2.86. The summed E-state index contributed by atoms with van der Waals surface area (Å²) in [5, 5.41) is 3.43. The molecule has 1 aromatic carbocycles. The van der Waals surface area contributed by atoms with Gasteiger partial charge in [0.15, 0.2) is 0 Å². The molecule has 3 rings (SSSR count). The Balaban J connectivity index is 1.57. The number of aromatic nitrogens is 2. The van der Waals surface area contributed by atoms with Gasteiger partial charge >= 0.3 is 0 Å². The lowest BCUT2D eigenvalue weighted by Gasteiger charge is -2.12. The van der Waals surface area contributed by atoms with Gasteiger partial charge in [0.05, 0.1) is 6.33 Å². The van der Waals surface area contributed by atoms with Gasteiger partial charge in [0, 0.05) is 30.9 Å². The number of imidazole rings is 1. The highest BCUT2D eigenvalue weighted by atomic mass is 15.1. The summed E-state index contributed by atoms with van der Waals surface area (Å²) in [6, 6.07) is 10.7. The van der Waals surface area contributed by atoms with Crippen LogP contribution >= 0.6 is 0 Å². The first kappa shape index (κ1) is 12.4. The molecule has 100 valence electrons. The Morgan fingerprint density at radius 2 is 2.16 bits per heavy atom. The van der Waals surface area contributed by atoms with Crippen LogP contribution in [0.3, 0.4) is 0 Å². The lowest BCUT2D eigenvalue weighted by atomic mass is 10.1. The lowest BCUT2D eigenvalue weighted by Crippen LogP contribution is -2.11. The summed E-state index contributed by atoms with van der Waals surface area (Å²) in [5.74, 6) is 0.652. The fourth-order valence-corrected chi connectivity index (χ4v) is 2.86. The van der Waals surface area contributed by atoms with Gasteiger partial charge in [-0.25, -0.2) is 4.98 Å². The van der Waals surface area contributed by atoms with E-state index in [1.165, 1.54) is 24.1 Å². The molecule has 1 aliphatic rings. The first-order valence-corrected chi connectivity index (χ1v) is 7.18. The van der Waals surface area contributed by atoms with E-state index >= 15 is 0 Å². The first-order valence-electron chi connectivity index (χ1n) is 7.18. The van der Waals surface area contributed by atoms with Crippen molar-refractivity contribution >= 4 is 0 Å². The van der Waals surface area contributed by atoms with E-state index < -0.39 is 0 Å². The predicted molar refractivity (Wildman–Crippen MR) is 77.2 cm³/mol. The number of rotatable bonds is 5. The standard InChI is InChI=1S/C16H21N3/c1-2-5-14(6-3-1)7-4-10-19-13-18-12-16(19)15-8-9-17-11-15/h1-3,5-6,12-13,15,17H,4,7-11H2. The van der Waals surface area contributed by atoms with Crippen molar-refractivity contribution in [1.29, 1.82) is 0 Å². The monoisotopic (exact) mass is 255 g/mol. The van der Waals surface area contributed by atoms with Gasteiger partial charge in [-0.2, -0.15) is 0 Å². The van der Waals surface area contributed by atoms with Crippen molar-refractivity contribution in [2.45, 2.75) is 31.7 Å². The number of benzene rings is 1. The van der Waals surface area contributed by atoms with E-state index in [1.807, 2.05) is 12.5 Å². The molecule has 2 heterocycles. The van der Waals surface area contributed by atoms with Crippen LogP contribution in [0.25, 0.3) is 0 Å². The zero-order valence-corrected chi connectivity index (χ0v) is 11.3. The van der Waals surface area contributed by atoms with Gasteiger partial charge in [0.1, 0.15) is 0 Å². The minimum Gasteiger partial charge on any atom is -0.334 e. The number of nitrogens with zero attached hydrogens (tertiary/aromatic N) is 2. The van der Waals surface area contributed by atoms with E-state index in [1.54, 1.807) is 0 Å². The van der Waals surface area contributed by atoms with Gasteiger partial charge in [0.25, 0.3) is 0 Å². The average Bonchev–Trinajstić information content (AvgIpc) is 3.10. The van der Waals surface area contributed by atoms with Crippen molar-refractivity contribution in [2.24, 2.45) is 0 Å². The van der Waals surface area contributed by atoms with Crippen molar-refractivity contribution < 1.29 is 0 Å². The van der Waals surface area contributed by atoms with Gasteiger partial charge < -0.3 is 9.88 Å². The average molecular weight is 255 g/mol. The molecule has 0 amide bonds. The Morgan fingerprint density at radius 1 is 1.26 bits per heavy atom. The van der Waals surface area contributed by atoms with Crippen molar-refractivity contribution in [3.63, 3.8) is 0 Å². The quantitative estimate of drug-likeness (QED) is 0.890. The van der Waals surface area contributed by atoms with Crippen LogP contribution in [0, 0.1) is 0 Å². The van der Waals surface area contributed by atoms with Gasteiger partial charge in [-0.05, 0) is 31.4 Å². The molecule has 1 N–H and O–H groups in total. The molecule has 0 radical (unpaired) electrons. The van der Waals surface area contributed by atoms with Crippen molar-refractivity contribution in [2.75, 3.05) is 13.1 Å². The van der Waals surface area contributed by atoms with Crippen molar-refractivity contribution in [1.82, 2.24) is 14.9 Å². The summed E-state index contributed by atoms with van der Waals surface area (Å²) in [5.41, 5.74) is 2.82. The molecule has 1 saturated heterocycles. The van der Waals surface area contributed by atoms with Crippen LogP contribution < -0.4 is 5.32 Å². The van der Waals surface area contributed by atoms with Gasteiger partial charge in [-0.15, -0.1) is 0 Å². The van der Waals surface area contributed by atoms with Crippen LogP contribution in [-0.4, -0.2) is 22.6 Å². The molecule has 1 unspecified atom stereocenters. The van der Waals surface area contributed by atoms with Crippen LogP contribution in [-0.2, 0) is 13.0 Å². The molecule has 2 aromatic rings. The smallest absolute Gasteiger partial charge is 0.0948 e. The third-order valence-electron chi connectivity index (χ3n) is 3.93. The second-order valence-electron chi connectivity index (χ2n) is 5.29. The van der Waals surface area contributed by atoms with Crippen molar-refractivity contribution in [3.8, 4) is 0 Å². The summed E-state index contributed by atoms with van der Waals surface area (Å²) in [7, 11) is 0. The molecule has 0 aliphatic carbocycles. The largest absolute Gasteiger partial charge is 0.334 e.